The van der Waals surface area contributed by atoms with Crippen LogP contribution >= 0.6 is 11.3 Å². The molecule has 0 unspecified atom stereocenters. The lowest BCUT2D eigenvalue weighted by molar-refractivity contribution is 0.0939. The van der Waals surface area contributed by atoms with Crippen LogP contribution in [0.15, 0.2) is 29.1 Å². The van der Waals surface area contributed by atoms with Crippen LogP contribution in [0.25, 0.3) is 0 Å². The predicted molar refractivity (Wildman–Crippen MR) is 81.1 cm³/mol. The standard InChI is InChI=1S/C15H20N2O2S/c1-11-14(3-5-17(11)2)15(19)16-8-13(9-18)7-12-4-6-20-10-12/h3-6,10,13,18H,7-9H2,1-2H3,(H,16,19)/t13-/m1/s1. The fourth-order valence-corrected chi connectivity index (χ4v) is 2.81. The average molecular weight is 292 g/mol. The molecule has 0 aliphatic carbocycles. The first kappa shape index (κ1) is 14.8. The first-order valence-electron chi connectivity index (χ1n) is 6.64. The highest BCUT2D eigenvalue weighted by molar-refractivity contribution is 7.07. The van der Waals surface area contributed by atoms with Crippen molar-refractivity contribution in [2.24, 2.45) is 13.0 Å². The quantitative estimate of drug-likeness (QED) is 0.855. The smallest absolute Gasteiger partial charge is 0.253 e. The van der Waals surface area contributed by atoms with Crippen molar-refractivity contribution in [2.75, 3.05) is 13.2 Å². The van der Waals surface area contributed by atoms with Gasteiger partial charge in [0, 0.05) is 38.0 Å². The minimum Gasteiger partial charge on any atom is -0.396 e. The van der Waals surface area contributed by atoms with E-state index in [0.29, 0.717) is 12.1 Å². The summed E-state index contributed by atoms with van der Waals surface area (Å²) in [5, 5.41) is 16.4. The maximum Gasteiger partial charge on any atom is 0.253 e. The van der Waals surface area contributed by atoms with Gasteiger partial charge in [-0.3, -0.25) is 4.79 Å². The Labute approximate surface area is 123 Å². The van der Waals surface area contributed by atoms with Crippen LogP contribution in [-0.2, 0) is 13.5 Å². The third-order valence-electron chi connectivity index (χ3n) is 3.54. The van der Waals surface area contributed by atoms with Gasteiger partial charge in [-0.2, -0.15) is 11.3 Å². The summed E-state index contributed by atoms with van der Waals surface area (Å²) in [5.74, 6) is -0.0237. The fraction of sp³-hybridized carbons (Fsp3) is 0.400. The van der Waals surface area contributed by atoms with Gasteiger partial charge in [0.15, 0.2) is 0 Å². The lowest BCUT2D eigenvalue weighted by Crippen LogP contribution is -2.32. The highest BCUT2D eigenvalue weighted by Crippen LogP contribution is 2.12. The molecule has 1 amide bonds. The zero-order chi connectivity index (χ0) is 14.5. The molecule has 20 heavy (non-hydrogen) atoms. The van der Waals surface area contributed by atoms with Crippen molar-refractivity contribution in [1.29, 1.82) is 0 Å². The van der Waals surface area contributed by atoms with Gasteiger partial charge in [0.05, 0.1) is 5.56 Å². The van der Waals surface area contributed by atoms with E-state index in [-0.39, 0.29) is 18.4 Å². The van der Waals surface area contributed by atoms with Gasteiger partial charge in [0.25, 0.3) is 5.91 Å². The molecule has 2 heterocycles. The number of hydrogen-bond acceptors (Lipinski definition) is 3. The van der Waals surface area contributed by atoms with Crippen molar-refractivity contribution in [1.82, 2.24) is 9.88 Å². The summed E-state index contributed by atoms with van der Waals surface area (Å²) in [6.45, 7) is 2.48. The number of nitrogens with one attached hydrogen (secondary N) is 1. The third kappa shape index (κ3) is 3.49. The van der Waals surface area contributed by atoms with Crippen molar-refractivity contribution >= 4 is 17.2 Å². The predicted octanol–water partition coefficient (Wildman–Crippen LogP) is 1.98. The number of carbonyl (C=O) groups excluding carboxylic acids is 1. The van der Waals surface area contributed by atoms with E-state index in [2.05, 4.69) is 16.8 Å². The Kier molecular flexibility index (Phi) is 4.98. The molecule has 2 N–H and O–H groups in total. The Morgan fingerprint density at radius 3 is 2.85 bits per heavy atom. The summed E-state index contributed by atoms with van der Waals surface area (Å²) in [4.78, 5) is 12.1. The van der Waals surface area contributed by atoms with E-state index in [1.807, 2.05) is 36.2 Å². The van der Waals surface area contributed by atoms with Crippen molar-refractivity contribution in [3.8, 4) is 0 Å². The average Bonchev–Trinajstić information content (AvgIpc) is 3.06. The Hall–Kier alpha value is -1.59. The number of aliphatic hydroxyl groups is 1. The summed E-state index contributed by atoms with van der Waals surface area (Å²) in [5.41, 5.74) is 2.85. The van der Waals surface area contributed by atoms with Crippen LogP contribution < -0.4 is 5.32 Å². The Bertz CT molecular complexity index is 560. The topological polar surface area (TPSA) is 54.3 Å². The van der Waals surface area contributed by atoms with Crippen LogP contribution in [-0.4, -0.2) is 28.7 Å². The van der Waals surface area contributed by atoms with Gasteiger partial charge in [-0.25, -0.2) is 0 Å². The van der Waals surface area contributed by atoms with Crippen LogP contribution in [0.2, 0.25) is 0 Å². The molecule has 1 atom stereocenters. The lowest BCUT2D eigenvalue weighted by Gasteiger charge is -2.14. The maximum absolute atomic E-state index is 12.1. The van der Waals surface area contributed by atoms with Crippen LogP contribution in [0.3, 0.4) is 0 Å². The van der Waals surface area contributed by atoms with Gasteiger partial charge in [-0.05, 0) is 41.8 Å². The van der Waals surface area contributed by atoms with Gasteiger partial charge < -0.3 is 15.0 Å². The second-order valence-corrected chi connectivity index (χ2v) is 5.80. The Morgan fingerprint density at radius 1 is 1.50 bits per heavy atom. The molecule has 2 aromatic heterocycles. The number of nitrogens with zero attached hydrogens (tertiary/aromatic N) is 1. The van der Waals surface area contributed by atoms with Gasteiger partial charge in [0.1, 0.15) is 0 Å². The van der Waals surface area contributed by atoms with Gasteiger partial charge in [-0.1, -0.05) is 0 Å². The molecule has 0 radical (unpaired) electrons. The molecule has 5 heteroatoms. The monoisotopic (exact) mass is 292 g/mol. The van der Waals surface area contributed by atoms with Gasteiger partial charge >= 0.3 is 0 Å². The van der Waals surface area contributed by atoms with Crippen molar-refractivity contribution in [3.63, 3.8) is 0 Å². The molecule has 0 saturated carbocycles. The zero-order valence-corrected chi connectivity index (χ0v) is 12.6. The lowest BCUT2D eigenvalue weighted by atomic mass is 10.0. The summed E-state index contributed by atoms with van der Waals surface area (Å²) >= 11 is 1.65. The summed E-state index contributed by atoms with van der Waals surface area (Å²) in [6.07, 6.45) is 2.66. The van der Waals surface area contributed by atoms with E-state index in [1.54, 1.807) is 11.3 Å². The number of rotatable bonds is 6. The highest BCUT2D eigenvalue weighted by atomic mass is 32.1. The Morgan fingerprint density at radius 2 is 2.30 bits per heavy atom. The SMILES string of the molecule is Cc1c(C(=O)NC[C@H](CO)Cc2ccsc2)ccn1C. The van der Waals surface area contributed by atoms with E-state index in [0.717, 1.165) is 12.1 Å². The molecule has 2 rings (SSSR count). The summed E-state index contributed by atoms with van der Waals surface area (Å²) in [6, 6.07) is 3.87. The molecule has 0 aliphatic heterocycles. The number of amides is 1. The van der Waals surface area contributed by atoms with Crippen molar-refractivity contribution in [2.45, 2.75) is 13.3 Å². The molecule has 0 spiro atoms. The molecule has 0 aliphatic rings. The molecule has 108 valence electrons. The van der Waals surface area contributed by atoms with E-state index < -0.39 is 0 Å². The largest absolute Gasteiger partial charge is 0.396 e. The number of hydrogen-bond donors (Lipinski definition) is 2. The van der Waals surface area contributed by atoms with Crippen LogP contribution in [0.1, 0.15) is 21.6 Å². The normalized spacial score (nSPS) is 12.3. The summed E-state index contributed by atoms with van der Waals surface area (Å²) < 4.78 is 1.92. The summed E-state index contributed by atoms with van der Waals surface area (Å²) in [7, 11) is 1.92. The van der Waals surface area contributed by atoms with Gasteiger partial charge in [-0.15, -0.1) is 0 Å². The maximum atomic E-state index is 12.1. The molecule has 2 aromatic rings. The van der Waals surface area contributed by atoms with E-state index in [9.17, 15) is 9.90 Å². The number of aliphatic hydroxyl groups excluding tert-OH is 1. The first-order valence-corrected chi connectivity index (χ1v) is 7.58. The molecule has 0 aromatic carbocycles. The number of thiophene rings is 1. The van der Waals surface area contributed by atoms with E-state index in [4.69, 9.17) is 0 Å². The molecular formula is C15H20N2O2S. The van der Waals surface area contributed by atoms with Crippen LogP contribution in [0.5, 0.6) is 0 Å². The second-order valence-electron chi connectivity index (χ2n) is 5.02. The Balaban J connectivity index is 1.90. The number of aromatic nitrogens is 1. The van der Waals surface area contributed by atoms with Crippen molar-refractivity contribution < 1.29 is 9.90 Å². The number of aryl methyl sites for hydroxylation is 1. The van der Waals surface area contributed by atoms with E-state index >= 15 is 0 Å². The first-order chi connectivity index (χ1) is 9.61. The zero-order valence-electron chi connectivity index (χ0n) is 11.8. The molecular weight excluding hydrogens is 272 g/mol. The molecule has 0 bridgehead atoms. The highest BCUT2D eigenvalue weighted by Gasteiger charge is 2.14. The second kappa shape index (κ2) is 6.72. The molecule has 4 nitrogen and oxygen atoms in total. The molecule has 0 saturated heterocycles. The van der Waals surface area contributed by atoms with E-state index in [1.165, 1.54) is 5.56 Å². The fourth-order valence-electron chi connectivity index (χ4n) is 2.12. The third-order valence-corrected chi connectivity index (χ3v) is 4.27. The van der Waals surface area contributed by atoms with Gasteiger partial charge in [0.2, 0.25) is 0 Å². The number of carbonyl (C=O) groups is 1. The minimum atomic E-state index is -0.0770. The van der Waals surface area contributed by atoms with Crippen molar-refractivity contribution in [3.05, 3.63) is 45.9 Å². The molecule has 0 fully saturated rings. The minimum absolute atomic E-state index is 0.0533. The van der Waals surface area contributed by atoms with Crippen LogP contribution in [0, 0.1) is 12.8 Å². The van der Waals surface area contributed by atoms with Crippen LogP contribution in [0.4, 0.5) is 0 Å².